The van der Waals surface area contributed by atoms with Gasteiger partial charge in [0.15, 0.2) is 5.84 Å². The summed E-state index contributed by atoms with van der Waals surface area (Å²) >= 11 is 0. The summed E-state index contributed by atoms with van der Waals surface area (Å²) in [5.74, 6) is 1.48. The van der Waals surface area contributed by atoms with E-state index in [0.29, 0.717) is 5.84 Å². The maximum Gasteiger partial charge on any atom is 0.160 e. The van der Waals surface area contributed by atoms with Crippen molar-refractivity contribution in [1.29, 1.82) is 0 Å². The molecular weight excluding hydrogens is 560 g/mol. The van der Waals surface area contributed by atoms with Crippen LogP contribution in [0.15, 0.2) is 168 Å². The van der Waals surface area contributed by atoms with E-state index >= 15 is 0 Å². The van der Waals surface area contributed by atoms with Gasteiger partial charge in [-0.3, -0.25) is 4.98 Å². The summed E-state index contributed by atoms with van der Waals surface area (Å²) in [4.78, 5) is 15.3. The fourth-order valence-electron chi connectivity index (χ4n) is 6.66. The van der Waals surface area contributed by atoms with E-state index in [0.717, 1.165) is 44.2 Å². The van der Waals surface area contributed by atoms with Gasteiger partial charge in [-0.05, 0) is 73.3 Å². The minimum Gasteiger partial charge on any atom is -0.344 e. The summed E-state index contributed by atoms with van der Waals surface area (Å²) in [6.45, 7) is 0. The third kappa shape index (κ3) is 4.51. The summed E-state index contributed by atoms with van der Waals surface area (Å²) in [6.07, 6.45) is 1.55. The fraction of sp³-hybridized carbons (Fsp3) is 0.0238. The minimum atomic E-state index is -0.301. The van der Waals surface area contributed by atoms with Gasteiger partial charge in [0.05, 0.1) is 5.52 Å². The van der Waals surface area contributed by atoms with Gasteiger partial charge in [0.2, 0.25) is 0 Å². The molecule has 7 aromatic carbocycles. The second-order valence-electron chi connectivity index (χ2n) is 11.7. The van der Waals surface area contributed by atoms with Crippen molar-refractivity contribution in [2.45, 2.75) is 6.17 Å². The predicted molar refractivity (Wildman–Crippen MR) is 192 cm³/mol. The van der Waals surface area contributed by atoms with Crippen LogP contribution in [0.3, 0.4) is 0 Å². The van der Waals surface area contributed by atoms with Crippen molar-refractivity contribution in [1.82, 2.24) is 10.3 Å². The number of hydrogen-bond acceptors (Lipinski definition) is 4. The van der Waals surface area contributed by atoms with Crippen molar-refractivity contribution in [3.8, 4) is 11.1 Å². The zero-order valence-corrected chi connectivity index (χ0v) is 24.9. The summed E-state index contributed by atoms with van der Waals surface area (Å²) < 4.78 is 0. The Kier molecular flexibility index (Phi) is 6.17. The van der Waals surface area contributed by atoms with Crippen LogP contribution in [-0.4, -0.2) is 16.7 Å². The smallest absolute Gasteiger partial charge is 0.160 e. The Labute approximate surface area is 266 Å². The molecule has 0 amide bonds. The molecule has 0 saturated carbocycles. The molecule has 4 nitrogen and oxygen atoms in total. The molecule has 0 aliphatic carbocycles. The average molecular weight is 589 g/mol. The Morgan fingerprint density at radius 2 is 1.22 bits per heavy atom. The zero-order valence-electron chi connectivity index (χ0n) is 24.9. The lowest BCUT2D eigenvalue weighted by atomic mass is 9.94. The quantitative estimate of drug-likeness (QED) is 0.208. The lowest BCUT2D eigenvalue weighted by Gasteiger charge is -2.24. The highest BCUT2D eigenvalue weighted by Crippen LogP contribution is 2.35. The summed E-state index contributed by atoms with van der Waals surface area (Å²) in [6, 6.07) is 53.3. The molecule has 8 aromatic rings. The molecule has 0 fully saturated rings. The van der Waals surface area contributed by atoms with Crippen LogP contribution in [-0.2, 0) is 0 Å². The van der Waals surface area contributed by atoms with Crippen molar-refractivity contribution in [2.75, 3.05) is 0 Å². The van der Waals surface area contributed by atoms with E-state index in [4.69, 9.17) is 15.0 Å². The molecule has 1 atom stereocenters. The van der Waals surface area contributed by atoms with Crippen LogP contribution >= 0.6 is 0 Å². The van der Waals surface area contributed by atoms with Crippen molar-refractivity contribution < 1.29 is 0 Å². The topological polar surface area (TPSA) is 49.6 Å². The number of rotatable bonds is 4. The van der Waals surface area contributed by atoms with Crippen LogP contribution in [0.5, 0.6) is 0 Å². The molecule has 9 rings (SSSR count). The Balaban J connectivity index is 1.25. The van der Waals surface area contributed by atoms with E-state index in [2.05, 4.69) is 145 Å². The van der Waals surface area contributed by atoms with E-state index in [9.17, 15) is 0 Å². The van der Waals surface area contributed by atoms with Crippen LogP contribution in [0.2, 0.25) is 0 Å². The number of aliphatic imine (C=N–C) groups is 2. The van der Waals surface area contributed by atoms with Crippen LogP contribution in [0.25, 0.3) is 54.3 Å². The van der Waals surface area contributed by atoms with E-state index < -0.39 is 0 Å². The molecule has 1 N–H and O–H groups in total. The SMILES string of the molecule is c1ccc(-c2ccc3ccc(C4=NC(c5cc6ncccc6c6c5ccc5ccccc56)=NC(c5ccccc5)N4)cc3c2)cc1. The molecule has 1 aliphatic rings. The average Bonchev–Trinajstić information content (AvgIpc) is 3.14. The van der Waals surface area contributed by atoms with Crippen molar-refractivity contribution in [3.05, 3.63) is 175 Å². The van der Waals surface area contributed by atoms with Crippen LogP contribution < -0.4 is 5.32 Å². The first kappa shape index (κ1) is 26.3. The van der Waals surface area contributed by atoms with Gasteiger partial charge in [-0.2, -0.15) is 0 Å². The molecule has 0 bridgehead atoms. The molecule has 0 spiro atoms. The Hall–Kier alpha value is -6.13. The first-order valence-electron chi connectivity index (χ1n) is 15.6. The summed E-state index contributed by atoms with van der Waals surface area (Å²) in [5.41, 5.74) is 6.38. The summed E-state index contributed by atoms with van der Waals surface area (Å²) in [5, 5.41) is 11.8. The molecule has 1 aromatic heterocycles. The number of amidine groups is 2. The number of nitrogens with one attached hydrogen (secondary N) is 1. The number of hydrogen-bond donors (Lipinski definition) is 1. The monoisotopic (exact) mass is 588 g/mol. The van der Waals surface area contributed by atoms with Gasteiger partial charge >= 0.3 is 0 Å². The first-order valence-corrected chi connectivity index (χ1v) is 15.6. The Morgan fingerprint density at radius 1 is 0.500 bits per heavy atom. The van der Waals surface area contributed by atoms with Gasteiger partial charge < -0.3 is 5.32 Å². The molecule has 1 aliphatic heterocycles. The van der Waals surface area contributed by atoms with Crippen LogP contribution in [0.1, 0.15) is 22.9 Å². The van der Waals surface area contributed by atoms with Crippen LogP contribution in [0, 0.1) is 0 Å². The van der Waals surface area contributed by atoms with Crippen molar-refractivity contribution >= 4 is 54.9 Å². The number of nitrogens with zero attached hydrogens (tertiary/aromatic N) is 3. The Morgan fingerprint density at radius 3 is 2.09 bits per heavy atom. The lowest BCUT2D eigenvalue weighted by molar-refractivity contribution is 0.674. The minimum absolute atomic E-state index is 0.301. The molecule has 1 unspecified atom stereocenters. The second-order valence-corrected chi connectivity index (χ2v) is 11.7. The predicted octanol–water partition coefficient (Wildman–Crippen LogP) is 9.86. The third-order valence-corrected chi connectivity index (χ3v) is 8.93. The van der Waals surface area contributed by atoms with E-state index in [1.807, 2.05) is 18.3 Å². The highest BCUT2D eigenvalue weighted by molar-refractivity contribution is 6.27. The van der Waals surface area contributed by atoms with Gasteiger partial charge in [-0.1, -0.05) is 127 Å². The normalized spacial score (nSPS) is 14.7. The molecule has 2 heterocycles. The van der Waals surface area contributed by atoms with Gasteiger partial charge in [-0.15, -0.1) is 0 Å². The molecule has 0 saturated heterocycles. The molecule has 216 valence electrons. The summed E-state index contributed by atoms with van der Waals surface area (Å²) in [7, 11) is 0. The molecule has 0 radical (unpaired) electrons. The second kappa shape index (κ2) is 10.8. The molecular formula is C42H28N4. The van der Waals surface area contributed by atoms with Gasteiger partial charge in [0.1, 0.15) is 12.0 Å². The van der Waals surface area contributed by atoms with Crippen molar-refractivity contribution in [2.24, 2.45) is 9.98 Å². The Bertz CT molecular complexity index is 2480. The van der Waals surface area contributed by atoms with E-state index in [1.165, 1.54) is 32.7 Å². The fourth-order valence-corrected chi connectivity index (χ4v) is 6.66. The van der Waals surface area contributed by atoms with Gasteiger partial charge in [0, 0.05) is 22.7 Å². The van der Waals surface area contributed by atoms with Gasteiger partial charge in [0.25, 0.3) is 0 Å². The number of pyridine rings is 1. The maximum absolute atomic E-state index is 5.25. The molecule has 46 heavy (non-hydrogen) atoms. The largest absolute Gasteiger partial charge is 0.344 e. The number of aromatic nitrogens is 1. The maximum atomic E-state index is 5.25. The number of fused-ring (bicyclic) bond motifs is 6. The van der Waals surface area contributed by atoms with E-state index in [-0.39, 0.29) is 6.17 Å². The van der Waals surface area contributed by atoms with Crippen molar-refractivity contribution in [3.63, 3.8) is 0 Å². The van der Waals surface area contributed by atoms with E-state index in [1.54, 1.807) is 0 Å². The lowest BCUT2D eigenvalue weighted by Crippen LogP contribution is -2.33. The third-order valence-electron chi connectivity index (χ3n) is 8.93. The zero-order chi connectivity index (χ0) is 30.5. The first-order chi connectivity index (χ1) is 22.8. The van der Waals surface area contributed by atoms with Gasteiger partial charge in [-0.25, -0.2) is 9.98 Å². The standard InChI is InChI=1S/C42H28N4/c1-3-10-27(11-4-1)31-19-17-28-18-20-32(25-33(28)24-31)41-44-40(30-13-5-2-6-14-30)45-42(46-41)37-26-38-36(16-9-23-43-38)39-34-15-8-7-12-29(34)21-22-35(37)39/h1-26,40H,(H,44,45,46). The highest BCUT2D eigenvalue weighted by Gasteiger charge is 2.23. The van der Waals surface area contributed by atoms with Crippen LogP contribution in [0.4, 0.5) is 0 Å². The highest BCUT2D eigenvalue weighted by atomic mass is 15.2. The number of benzene rings is 7. The molecule has 4 heteroatoms.